The number of sulfonamides is 2. The maximum atomic E-state index is 12.0. The largest absolute Gasteiger partial charge is 1.00 e. The molecule has 20 heavy (non-hydrogen) atoms. The summed E-state index contributed by atoms with van der Waals surface area (Å²) in [7, 11) is -13.3. The Balaban J connectivity index is 0. The summed E-state index contributed by atoms with van der Waals surface area (Å²) in [6.45, 7) is 0. The molecule has 0 aliphatic carbocycles. The summed E-state index contributed by atoms with van der Waals surface area (Å²) in [4.78, 5) is 1.39. The molecule has 0 aromatic heterocycles. The summed E-state index contributed by atoms with van der Waals surface area (Å²) in [6, 6.07) is 0. The van der Waals surface area contributed by atoms with Crippen LogP contribution in [-0.2, 0) is 31.4 Å². The molecular formula is C3H3F6LiN2O5S3. The summed E-state index contributed by atoms with van der Waals surface area (Å²) in [5.41, 5.74) is -12.3. The van der Waals surface area contributed by atoms with E-state index < -0.39 is 46.2 Å². The average molecular weight is 364 g/mol. The van der Waals surface area contributed by atoms with E-state index >= 15 is 0 Å². The molecule has 0 rings (SSSR count). The number of nitrogens with zero attached hydrogens (tertiary/aromatic N) is 2. The number of rotatable bonds is 4. The van der Waals surface area contributed by atoms with Crippen molar-refractivity contribution in [3.05, 3.63) is 4.83 Å². The molecule has 0 N–H and O–H groups in total. The topological polar surface area (TPSA) is 109 Å². The van der Waals surface area contributed by atoms with Crippen molar-refractivity contribution in [1.29, 1.82) is 0 Å². The Morgan fingerprint density at radius 3 is 1.55 bits per heavy atom. The third-order valence-corrected chi connectivity index (χ3v) is 5.17. The van der Waals surface area contributed by atoms with Crippen LogP contribution in [0.3, 0.4) is 0 Å². The summed E-state index contributed by atoms with van der Waals surface area (Å²) in [6.07, 6.45) is 0.193. The van der Waals surface area contributed by atoms with Crippen LogP contribution in [0, 0.1) is 0 Å². The zero-order chi connectivity index (χ0) is 15.9. The van der Waals surface area contributed by atoms with Gasteiger partial charge in [-0.1, -0.05) is 3.82 Å². The molecule has 0 saturated carbocycles. The van der Waals surface area contributed by atoms with E-state index in [2.05, 4.69) is 0 Å². The van der Waals surface area contributed by atoms with Gasteiger partial charge >= 0.3 is 39.9 Å². The number of hydrogen-bond acceptors (Lipinski definition) is 5. The molecule has 0 aliphatic heterocycles. The average Bonchev–Trinajstić information content (AvgIpc) is 2.09. The van der Waals surface area contributed by atoms with Crippen LogP contribution in [0.25, 0.3) is 4.83 Å². The Bertz CT molecular complexity index is 525. The molecule has 0 amide bonds. The molecule has 0 spiro atoms. The zero-order valence-corrected chi connectivity index (χ0v) is 11.9. The van der Waals surface area contributed by atoms with Crippen LogP contribution in [-0.4, -0.2) is 42.5 Å². The molecular weight excluding hydrogens is 361 g/mol. The van der Waals surface area contributed by atoms with Crippen molar-refractivity contribution >= 4 is 31.4 Å². The van der Waals surface area contributed by atoms with Crippen LogP contribution in [0.15, 0.2) is 0 Å². The number of alkyl halides is 6. The van der Waals surface area contributed by atoms with Crippen molar-refractivity contribution in [2.45, 2.75) is 11.0 Å². The summed E-state index contributed by atoms with van der Waals surface area (Å²) < 4.78 is 123. The van der Waals surface area contributed by atoms with E-state index in [1.54, 1.807) is 0 Å². The Hall–Kier alpha value is 0.307. The minimum atomic E-state index is -6.64. The summed E-state index contributed by atoms with van der Waals surface area (Å²) >= 11 is -3.32. The zero-order valence-electron chi connectivity index (χ0n) is 9.43. The molecule has 0 heterocycles. The van der Waals surface area contributed by atoms with Gasteiger partial charge < -0.3 is 9.38 Å². The first-order valence-electron chi connectivity index (χ1n) is 3.53. The van der Waals surface area contributed by atoms with Crippen LogP contribution < -0.4 is 18.9 Å². The quantitative estimate of drug-likeness (QED) is 0.239. The summed E-state index contributed by atoms with van der Waals surface area (Å²) in [5, 5.41) is 0. The third kappa shape index (κ3) is 4.94. The van der Waals surface area contributed by atoms with Gasteiger partial charge in [-0.05, 0) is 0 Å². The van der Waals surface area contributed by atoms with Crippen LogP contribution in [0.5, 0.6) is 0 Å². The van der Waals surface area contributed by atoms with Crippen molar-refractivity contribution in [1.82, 2.24) is 3.82 Å². The molecule has 116 valence electrons. The van der Waals surface area contributed by atoms with Gasteiger partial charge in [0.2, 0.25) is 0 Å². The molecule has 0 bridgehead atoms. The first-order chi connectivity index (χ1) is 8.04. The molecule has 0 fully saturated rings. The third-order valence-electron chi connectivity index (χ3n) is 1.18. The Labute approximate surface area is 124 Å². The SMILES string of the molecule is C[S+]([O-])N([N-]S(=O)(=O)C(F)(F)F)S(=O)(=O)C(F)(F)F.[Li+]. The first kappa shape index (κ1) is 22.6. The fraction of sp³-hybridized carbons (Fsp3) is 1.00. The van der Waals surface area contributed by atoms with Crippen molar-refractivity contribution in [2.75, 3.05) is 6.26 Å². The van der Waals surface area contributed by atoms with Gasteiger partial charge in [0.1, 0.15) is 6.26 Å². The van der Waals surface area contributed by atoms with Crippen molar-refractivity contribution < 1.29 is 66.6 Å². The molecule has 0 aromatic carbocycles. The van der Waals surface area contributed by atoms with Gasteiger partial charge in [-0.15, -0.1) is 0 Å². The van der Waals surface area contributed by atoms with E-state index in [0.29, 0.717) is 0 Å². The normalized spacial score (nSPS) is 15.8. The molecule has 17 heteroatoms. The second-order valence-corrected chi connectivity index (χ2v) is 7.34. The Morgan fingerprint density at radius 2 is 1.35 bits per heavy atom. The Kier molecular flexibility index (Phi) is 7.46. The van der Waals surface area contributed by atoms with Crippen LogP contribution in [0.4, 0.5) is 26.3 Å². The van der Waals surface area contributed by atoms with E-state index in [1.807, 2.05) is 0 Å². The molecule has 0 aliphatic rings. The van der Waals surface area contributed by atoms with E-state index in [-0.39, 0.29) is 25.1 Å². The summed E-state index contributed by atoms with van der Waals surface area (Å²) in [5.74, 6) is 0. The monoisotopic (exact) mass is 364 g/mol. The van der Waals surface area contributed by atoms with Gasteiger partial charge in [-0.3, -0.25) is 0 Å². The molecule has 0 aromatic rings. The van der Waals surface area contributed by atoms with Gasteiger partial charge in [0, 0.05) is 11.4 Å². The van der Waals surface area contributed by atoms with Crippen LogP contribution >= 0.6 is 0 Å². The standard InChI is InChI=1S/C3H3F6N2O5S3.Li/c1-17(12)11(19(15,16)3(7,8)9)10-18(13,14)2(4,5)6;/h1H3;/q-1;+1. The van der Waals surface area contributed by atoms with Crippen LogP contribution in [0.2, 0.25) is 0 Å². The predicted octanol–water partition coefficient (Wildman–Crippen LogP) is -2.43. The van der Waals surface area contributed by atoms with Gasteiger partial charge in [0.05, 0.1) is 0 Å². The number of halogens is 6. The smallest absolute Gasteiger partial charge is 0.599 e. The molecule has 1 atom stereocenters. The molecule has 0 radical (unpaired) electrons. The second kappa shape index (κ2) is 6.60. The first-order valence-corrected chi connectivity index (χ1v) is 7.93. The van der Waals surface area contributed by atoms with Gasteiger partial charge in [-0.2, -0.15) is 26.3 Å². The van der Waals surface area contributed by atoms with Gasteiger partial charge in [-0.25, -0.2) is 16.8 Å². The van der Waals surface area contributed by atoms with E-state index in [1.165, 1.54) is 4.83 Å². The minimum Gasteiger partial charge on any atom is -0.599 e. The maximum Gasteiger partial charge on any atom is 1.00 e. The van der Waals surface area contributed by atoms with Gasteiger partial charge in [0.15, 0.2) is 10.0 Å². The molecule has 1 unspecified atom stereocenters. The Morgan fingerprint density at radius 1 is 1.00 bits per heavy atom. The second-order valence-electron chi connectivity index (χ2n) is 2.58. The van der Waals surface area contributed by atoms with Crippen LogP contribution in [0.1, 0.15) is 0 Å². The number of hydrogen-bond donors (Lipinski definition) is 0. The minimum absolute atomic E-state index is 0. The molecule has 0 saturated heterocycles. The predicted molar refractivity (Wildman–Crippen MR) is 49.2 cm³/mol. The van der Waals surface area contributed by atoms with E-state index in [0.717, 1.165) is 0 Å². The van der Waals surface area contributed by atoms with Crippen molar-refractivity contribution in [3.8, 4) is 0 Å². The fourth-order valence-electron chi connectivity index (χ4n) is 0.452. The van der Waals surface area contributed by atoms with Crippen molar-refractivity contribution in [3.63, 3.8) is 0 Å². The maximum absolute atomic E-state index is 12.0. The van der Waals surface area contributed by atoms with E-state index in [9.17, 15) is 47.7 Å². The molecule has 7 nitrogen and oxygen atoms in total. The van der Waals surface area contributed by atoms with Gasteiger partial charge in [0.25, 0.3) is 0 Å². The van der Waals surface area contributed by atoms with E-state index in [4.69, 9.17) is 0 Å². The fourth-order valence-corrected chi connectivity index (χ4v) is 3.51. The van der Waals surface area contributed by atoms with Crippen molar-refractivity contribution in [2.24, 2.45) is 0 Å².